The van der Waals surface area contributed by atoms with Crippen LogP contribution in [-0.4, -0.2) is 123 Å². The predicted molar refractivity (Wildman–Crippen MR) is 208 cm³/mol. The molecule has 0 unspecified atom stereocenters. The summed E-state index contributed by atoms with van der Waals surface area (Å²) in [5, 5.41) is 6.25. The molecule has 2 rings (SSSR count). The molecule has 11 heteroatoms. The van der Waals surface area contributed by atoms with Gasteiger partial charge in [0.1, 0.15) is 6.04 Å². The number of likely N-dealkylation sites (tertiary alicyclic amines) is 1. The summed E-state index contributed by atoms with van der Waals surface area (Å²) < 4.78 is 12.0. The van der Waals surface area contributed by atoms with E-state index in [0.29, 0.717) is 6.54 Å². The van der Waals surface area contributed by atoms with E-state index in [1.54, 1.807) is 26.2 Å². The molecule has 11 nitrogen and oxygen atoms in total. The van der Waals surface area contributed by atoms with Crippen LogP contribution in [0.15, 0.2) is 30.3 Å². The summed E-state index contributed by atoms with van der Waals surface area (Å²) in [6, 6.07) is 8.21. The van der Waals surface area contributed by atoms with Crippen molar-refractivity contribution in [3.63, 3.8) is 0 Å². The van der Waals surface area contributed by atoms with E-state index >= 15 is 0 Å². The maximum Gasteiger partial charge on any atom is 0.245 e. The van der Waals surface area contributed by atoms with Crippen LogP contribution in [0.5, 0.6) is 0 Å². The molecule has 0 bridgehead atoms. The molecule has 10 atom stereocenters. The lowest BCUT2D eigenvalue weighted by molar-refractivity contribution is -0.148. The molecular formula is C41H71N5O6. The zero-order valence-electron chi connectivity index (χ0n) is 34.6. The van der Waals surface area contributed by atoms with Gasteiger partial charge in [0, 0.05) is 39.8 Å². The first kappa shape index (κ1) is 45.1. The second-order valence-corrected chi connectivity index (χ2v) is 16.0. The molecule has 1 aliphatic heterocycles. The van der Waals surface area contributed by atoms with Crippen molar-refractivity contribution in [3.8, 4) is 0 Å². The summed E-state index contributed by atoms with van der Waals surface area (Å²) in [6.45, 7) is 18.5. The molecule has 4 amide bonds. The van der Waals surface area contributed by atoms with E-state index in [1.165, 1.54) is 0 Å². The van der Waals surface area contributed by atoms with Crippen LogP contribution in [0.4, 0.5) is 0 Å². The van der Waals surface area contributed by atoms with Gasteiger partial charge in [0.2, 0.25) is 23.6 Å². The second kappa shape index (κ2) is 21.0. The van der Waals surface area contributed by atoms with Crippen LogP contribution >= 0.6 is 0 Å². The number of hydrogen-bond donors (Lipinski definition) is 2. The monoisotopic (exact) mass is 730 g/mol. The molecule has 1 aromatic carbocycles. The first-order valence-corrected chi connectivity index (χ1v) is 19.4. The van der Waals surface area contributed by atoms with Gasteiger partial charge in [-0.1, -0.05) is 92.1 Å². The van der Waals surface area contributed by atoms with Crippen molar-refractivity contribution in [3.05, 3.63) is 35.9 Å². The number of nitrogens with zero attached hydrogens (tertiary/aromatic N) is 3. The summed E-state index contributed by atoms with van der Waals surface area (Å²) >= 11 is 0. The minimum atomic E-state index is -0.741. The summed E-state index contributed by atoms with van der Waals surface area (Å²) in [6.07, 6.45) is 1.27. The number of carbonyl (C=O) groups is 4. The van der Waals surface area contributed by atoms with Gasteiger partial charge in [-0.3, -0.25) is 24.1 Å². The van der Waals surface area contributed by atoms with Crippen molar-refractivity contribution in [2.24, 2.45) is 23.7 Å². The van der Waals surface area contributed by atoms with Crippen molar-refractivity contribution >= 4 is 23.6 Å². The number of rotatable bonds is 20. The van der Waals surface area contributed by atoms with Crippen molar-refractivity contribution in [1.29, 1.82) is 0 Å². The van der Waals surface area contributed by atoms with Crippen LogP contribution in [0.2, 0.25) is 0 Å². The summed E-state index contributed by atoms with van der Waals surface area (Å²) in [4.78, 5) is 60.8. The minimum absolute atomic E-state index is 0.00508. The highest BCUT2D eigenvalue weighted by atomic mass is 16.5. The third-order valence-corrected chi connectivity index (χ3v) is 11.4. The van der Waals surface area contributed by atoms with Crippen molar-refractivity contribution in [1.82, 2.24) is 25.3 Å². The molecule has 1 aromatic rings. The third-order valence-electron chi connectivity index (χ3n) is 11.4. The molecule has 296 valence electrons. The average molecular weight is 730 g/mol. The molecular weight excluding hydrogens is 658 g/mol. The number of methoxy groups -OCH3 is 2. The van der Waals surface area contributed by atoms with Gasteiger partial charge in [0.25, 0.3) is 0 Å². The van der Waals surface area contributed by atoms with Crippen molar-refractivity contribution < 1.29 is 28.7 Å². The minimum Gasteiger partial charge on any atom is -0.379 e. The van der Waals surface area contributed by atoms with Crippen LogP contribution in [0.1, 0.15) is 99.5 Å². The van der Waals surface area contributed by atoms with E-state index in [0.717, 1.165) is 24.8 Å². The molecule has 1 heterocycles. The highest BCUT2D eigenvalue weighted by Crippen LogP contribution is 2.30. The van der Waals surface area contributed by atoms with Gasteiger partial charge in [-0.2, -0.15) is 0 Å². The number of benzene rings is 1. The Kier molecular flexibility index (Phi) is 18.2. The van der Waals surface area contributed by atoms with Gasteiger partial charge in [0.15, 0.2) is 0 Å². The molecule has 0 aromatic heterocycles. The smallest absolute Gasteiger partial charge is 0.245 e. The molecule has 0 aliphatic carbocycles. The Bertz CT molecular complexity index is 1270. The predicted octanol–water partition coefficient (Wildman–Crippen LogP) is 4.94. The summed E-state index contributed by atoms with van der Waals surface area (Å²) in [7, 11) is 8.68. The van der Waals surface area contributed by atoms with Crippen molar-refractivity contribution in [2.45, 2.75) is 136 Å². The fraction of sp³-hybridized carbons (Fsp3) is 0.756. The van der Waals surface area contributed by atoms with Gasteiger partial charge in [-0.25, -0.2) is 0 Å². The van der Waals surface area contributed by atoms with Crippen LogP contribution in [0.25, 0.3) is 0 Å². The van der Waals surface area contributed by atoms with E-state index < -0.39 is 30.2 Å². The average Bonchev–Trinajstić information content (AvgIpc) is 3.59. The Morgan fingerprint density at radius 1 is 0.865 bits per heavy atom. The zero-order chi connectivity index (χ0) is 39.4. The summed E-state index contributed by atoms with van der Waals surface area (Å²) in [5.74, 6) is -1.06. The molecule has 1 fully saturated rings. The highest BCUT2D eigenvalue weighted by Gasteiger charge is 2.43. The van der Waals surface area contributed by atoms with Crippen LogP contribution in [0.3, 0.4) is 0 Å². The molecule has 1 aliphatic rings. The number of likely N-dealkylation sites (N-methyl/N-ethyl adjacent to an activating group) is 2. The van der Waals surface area contributed by atoms with E-state index in [1.807, 2.05) is 83.6 Å². The maximum absolute atomic E-state index is 14.2. The maximum atomic E-state index is 14.2. The first-order chi connectivity index (χ1) is 24.4. The van der Waals surface area contributed by atoms with Crippen molar-refractivity contribution in [2.75, 3.05) is 41.9 Å². The molecule has 2 N–H and O–H groups in total. The standard InChI is InChI=1S/C41H71N5O6/c1-15-27(6)37(45(12)41(50)35(25(2)3)43-40(49)36(26(4)5)44(10)11)33(51-13)24-34(47)46-23-19-22-32(46)38(52-14)29(8)39(48)42-30(9)28(7)31-20-17-16-18-21-31/h16-18,20-21,25-30,32-33,35-38H,15,19,22-24H2,1-14H3,(H,42,48)(H,43,49)/t27-,28+,29+,30+,32-,33+,35-,36-,37-,38+/m0/s1. The lowest BCUT2D eigenvalue weighted by Crippen LogP contribution is -2.59. The SMILES string of the molecule is CC[C@H](C)[C@@H]([C@@H](CC(=O)N1CCC[C@H]1[C@H](OC)[C@@H](C)C(=O)N[C@H](C)[C@@H](C)c1ccccc1)OC)N(C)C(=O)[C@@H](NC(=O)[C@H](C(C)C)N(C)C)C(C)C. The van der Waals surface area contributed by atoms with Gasteiger partial charge < -0.3 is 29.9 Å². The van der Waals surface area contributed by atoms with Crippen LogP contribution in [-0.2, 0) is 28.7 Å². The largest absolute Gasteiger partial charge is 0.379 e. The van der Waals surface area contributed by atoms with E-state index in [9.17, 15) is 19.2 Å². The second-order valence-electron chi connectivity index (χ2n) is 16.0. The Hall–Kier alpha value is -3.02. The van der Waals surface area contributed by atoms with Gasteiger partial charge >= 0.3 is 0 Å². The normalized spacial score (nSPS) is 20.1. The molecule has 1 saturated heterocycles. The summed E-state index contributed by atoms with van der Waals surface area (Å²) in [5.41, 5.74) is 1.16. The number of hydrogen-bond acceptors (Lipinski definition) is 7. The van der Waals surface area contributed by atoms with Gasteiger partial charge in [0.05, 0.1) is 42.7 Å². The molecule has 0 saturated carbocycles. The Morgan fingerprint density at radius 3 is 1.98 bits per heavy atom. The first-order valence-electron chi connectivity index (χ1n) is 19.4. The quantitative estimate of drug-likeness (QED) is 0.195. The van der Waals surface area contributed by atoms with E-state index in [2.05, 4.69) is 43.5 Å². The molecule has 52 heavy (non-hydrogen) atoms. The van der Waals surface area contributed by atoms with E-state index in [-0.39, 0.29) is 71.8 Å². The number of carbonyl (C=O) groups excluding carboxylic acids is 4. The van der Waals surface area contributed by atoms with Gasteiger partial charge in [-0.05, 0) is 57.2 Å². The lowest BCUT2D eigenvalue weighted by Gasteiger charge is -2.41. The topological polar surface area (TPSA) is 121 Å². The third kappa shape index (κ3) is 11.5. The molecule has 0 radical (unpaired) electrons. The van der Waals surface area contributed by atoms with E-state index in [4.69, 9.17) is 9.47 Å². The zero-order valence-corrected chi connectivity index (χ0v) is 34.6. The Balaban J connectivity index is 2.25. The highest BCUT2D eigenvalue weighted by molar-refractivity contribution is 5.90. The van der Waals surface area contributed by atoms with Gasteiger partial charge in [-0.15, -0.1) is 0 Å². The number of nitrogens with one attached hydrogen (secondary N) is 2. The van der Waals surface area contributed by atoms with Crippen LogP contribution < -0.4 is 10.6 Å². The number of ether oxygens (including phenoxy) is 2. The number of amides is 4. The van der Waals surface area contributed by atoms with Crippen LogP contribution in [0, 0.1) is 23.7 Å². The Morgan fingerprint density at radius 2 is 1.48 bits per heavy atom. The fourth-order valence-electron chi connectivity index (χ4n) is 7.94. The fourth-order valence-corrected chi connectivity index (χ4v) is 7.94. The lowest BCUT2D eigenvalue weighted by atomic mass is 9.89. The Labute approximate surface area is 314 Å². The molecule has 0 spiro atoms.